The molecule has 1 rings (SSSR count). The maximum atomic E-state index is 12.0. The minimum Gasteiger partial charge on any atom is -0.330 e. The highest BCUT2D eigenvalue weighted by Gasteiger charge is 2.32. The number of urea groups is 1. The zero-order chi connectivity index (χ0) is 12.9. The molecule has 3 N–H and O–H groups in total. The van der Waals surface area contributed by atoms with E-state index in [4.69, 9.17) is 5.73 Å². The molecule has 0 bridgehead atoms. The molecule has 0 saturated carbocycles. The Labute approximate surface area is 98.3 Å². The molecule has 7 heteroatoms. The number of amides is 2. The van der Waals surface area contributed by atoms with Crippen molar-refractivity contribution in [3.05, 3.63) is 0 Å². The molecule has 0 aromatic heterocycles. The number of nitrogens with one attached hydrogen (secondary N) is 1. The van der Waals surface area contributed by atoms with Crippen molar-refractivity contribution in [2.24, 2.45) is 5.73 Å². The Morgan fingerprint density at radius 3 is 2.76 bits per heavy atom. The fourth-order valence-electron chi connectivity index (χ4n) is 2.03. The van der Waals surface area contributed by atoms with Crippen molar-refractivity contribution in [1.29, 1.82) is 0 Å². The van der Waals surface area contributed by atoms with E-state index < -0.39 is 18.8 Å². The third-order valence-corrected chi connectivity index (χ3v) is 2.82. The molecule has 1 aliphatic heterocycles. The lowest BCUT2D eigenvalue weighted by Gasteiger charge is -2.25. The summed E-state index contributed by atoms with van der Waals surface area (Å²) in [6, 6.07) is -0.589. The molecule has 0 aromatic rings. The molecule has 0 aromatic carbocycles. The lowest BCUT2D eigenvalue weighted by molar-refractivity contribution is -0.123. The van der Waals surface area contributed by atoms with Gasteiger partial charge in [0, 0.05) is 12.6 Å². The van der Waals surface area contributed by atoms with Crippen molar-refractivity contribution in [3.8, 4) is 0 Å². The number of hydrogen-bond donors (Lipinski definition) is 2. The van der Waals surface area contributed by atoms with Gasteiger partial charge in [-0.3, -0.25) is 0 Å². The van der Waals surface area contributed by atoms with Crippen LogP contribution in [0, 0.1) is 0 Å². The van der Waals surface area contributed by atoms with E-state index in [9.17, 15) is 18.0 Å². The van der Waals surface area contributed by atoms with Gasteiger partial charge in [-0.1, -0.05) is 0 Å². The van der Waals surface area contributed by atoms with Gasteiger partial charge >= 0.3 is 12.2 Å². The number of carbonyl (C=O) groups excluding carboxylic acids is 1. The van der Waals surface area contributed by atoms with Gasteiger partial charge in [0.2, 0.25) is 0 Å². The first kappa shape index (κ1) is 14.1. The predicted octanol–water partition coefficient (Wildman–Crippen LogP) is 1.46. The Hall–Kier alpha value is -0.980. The van der Waals surface area contributed by atoms with Gasteiger partial charge in [0.1, 0.15) is 6.54 Å². The summed E-state index contributed by atoms with van der Waals surface area (Å²) in [5.41, 5.74) is 5.38. The Bertz CT molecular complexity index is 258. The van der Waals surface area contributed by atoms with E-state index in [-0.39, 0.29) is 6.04 Å². The summed E-state index contributed by atoms with van der Waals surface area (Å²) in [5.74, 6) is 0. The molecule has 1 saturated heterocycles. The Kier molecular flexibility index (Phi) is 5.04. The molecule has 17 heavy (non-hydrogen) atoms. The average molecular weight is 253 g/mol. The van der Waals surface area contributed by atoms with E-state index in [1.165, 1.54) is 4.90 Å². The standard InChI is InChI=1S/C10H18F3N3O/c11-10(12,13)7-15-9(17)16-6-2-4-8(16)3-1-5-14/h8H,1-7,14H2,(H,15,17). The van der Waals surface area contributed by atoms with Crippen molar-refractivity contribution in [2.45, 2.75) is 37.9 Å². The van der Waals surface area contributed by atoms with E-state index in [1.807, 2.05) is 5.32 Å². The van der Waals surface area contributed by atoms with E-state index in [0.29, 0.717) is 13.1 Å². The number of alkyl halides is 3. The first-order valence-electron chi connectivity index (χ1n) is 5.75. The summed E-state index contributed by atoms with van der Waals surface area (Å²) in [4.78, 5) is 13.0. The fourth-order valence-corrected chi connectivity index (χ4v) is 2.03. The number of halogens is 3. The van der Waals surface area contributed by atoms with Gasteiger partial charge in [-0.25, -0.2) is 4.79 Å². The van der Waals surface area contributed by atoms with Crippen molar-refractivity contribution in [3.63, 3.8) is 0 Å². The third kappa shape index (κ3) is 4.80. The Morgan fingerprint density at radius 2 is 2.18 bits per heavy atom. The summed E-state index contributed by atoms with van der Waals surface area (Å²) in [6.45, 7) is -0.209. The summed E-state index contributed by atoms with van der Waals surface area (Å²) in [6.07, 6.45) is -1.13. The van der Waals surface area contributed by atoms with Crippen LogP contribution in [0.15, 0.2) is 0 Å². The average Bonchev–Trinajstić information content (AvgIpc) is 2.70. The zero-order valence-electron chi connectivity index (χ0n) is 9.59. The SMILES string of the molecule is NCCCC1CCCN1C(=O)NCC(F)(F)F. The van der Waals surface area contributed by atoms with Crippen LogP contribution < -0.4 is 11.1 Å². The van der Waals surface area contributed by atoms with Crippen LogP contribution in [0.1, 0.15) is 25.7 Å². The molecule has 2 amide bonds. The summed E-state index contributed by atoms with van der Waals surface area (Å²) >= 11 is 0. The van der Waals surface area contributed by atoms with Crippen LogP contribution in [-0.4, -0.2) is 42.8 Å². The lowest BCUT2D eigenvalue weighted by atomic mass is 10.1. The Morgan fingerprint density at radius 1 is 1.47 bits per heavy atom. The van der Waals surface area contributed by atoms with Crippen molar-refractivity contribution in [2.75, 3.05) is 19.6 Å². The normalized spacial score (nSPS) is 20.7. The highest BCUT2D eigenvalue weighted by atomic mass is 19.4. The number of rotatable bonds is 4. The second-order valence-corrected chi connectivity index (χ2v) is 4.19. The zero-order valence-corrected chi connectivity index (χ0v) is 9.59. The molecule has 0 aliphatic carbocycles. The van der Waals surface area contributed by atoms with Crippen molar-refractivity contribution in [1.82, 2.24) is 10.2 Å². The topological polar surface area (TPSA) is 58.4 Å². The number of carbonyl (C=O) groups is 1. The van der Waals surface area contributed by atoms with Crippen LogP contribution in [-0.2, 0) is 0 Å². The van der Waals surface area contributed by atoms with Crippen molar-refractivity contribution < 1.29 is 18.0 Å². The number of nitrogens with two attached hydrogens (primary N) is 1. The van der Waals surface area contributed by atoms with Crippen LogP contribution in [0.2, 0.25) is 0 Å². The minimum atomic E-state index is -4.36. The van der Waals surface area contributed by atoms with Crippen LogP contribution >= 0.6 is 0 Å². The molecular formula is C10H18F3N3O. The van der Waals surface area contributed by atoms with Crippen LogP contribution in [0.3, 0.4) is 0 Å². The van der Waals surface area contributed by atoms with Gasteiger partial charge in [-0.15, -0.1) is 0 Å². The lowest BCUT2D eigenvalue weighted by Crippen LogP contribution is -2.45. The van der Waals surface area contributed by atoms with E-state index >= 15 is 0 Å². The molecule has 100 valence electrons. The molecular weight excluding hydrogens is 235 g/mol. The van der Waals surface area contributed by atoms with E-state index in [2.05, 4.69) is 0 Å². The molecule has 4 nitrogen and oxygen atoms in total. The summed E-state index contributed by atoms with van der Waals surface area (Å²) < 4.78 is 35.9. The summed E-state index contributed by atoms with van der Waals surface area (Å²) in [5, 5.41) is 1.90. The number of likely N-dealkylation sites (tertiary alicyclic amines) is 1. The minimum absolute atomic E-state index is 0.0341. The molecule has 1 unspecified atom stereocenters. The van der Waals surface area contributed by atoms with Gasteiger partial charge in [-0.2, -0.15) is 13.2 Å². The van der Waals surface area contributed by atoms with Crippen LogP contribution in [0.4, 0.5) is 18.0 Å². The highest BCUT2D eigenvalue weighted by molar-refractivity contribution is 5.74. The van der Waals surface area contributed by atoms with E-state index in [1.54, 1.807) is 0 Å². The predicted molar refractivity (Wildman–Crippen MR) is 57.5 cm³/mol. The first-order valence-corrected chi connectivity index (χ1v) is 5.75. The second-order valence-electron chi connectivity index (χ2n) is 4.19. The van der Waals surface area contributed by atoms with Crippen molar-refractivity contribution >= 4 is 6.03 Å². The van der Waals surface area contributed by atoms with Crippen LogP contribution in [0.5, 0.6) is 0 Å². The number of nitrogens with zero attached hydrogens (tertiary/aromatic N) is 1. The molecule has 1 fully saturated rings. The second kappa shape index (κ2) is 6.09. The monoisotopic (exact) mass is 253 g/mol. The molecule has 1 aliphatic rings. The van der Waals surface area contributed by atoms with Gasteiger partial charge < -0.3 is 16.0 Å². The highest BCUT2D eigenvalue weighted by Crippen LogP contribution is 2.21. The van der Waals surface area contributed by atoms with Gasteiger partial charge in [-0.05, 0) is 32.2 Å². The molecule has 0 radical (unpaired) electrons. The maximum Gasteiger partial charge on any atom is 0.405 e. The third-order valence-electron chi connectivity index (χ3n) is 2.82. The molecule has 1 atom stereocenters. The molecule has 1 heterocycles. The Balaban J connectivity index is 2.39. The van der Waals surface area contributed by atoms with Gasteiger partial charge in [0.05, 0.1) is 0 Å². The fraction of sp³-hybridized carbons (Fsp3) is 0.900. The maximum absolute atomic E-state index is 12.0. The van der Waals surface area contributed by atoms with Crippen LogP contribution in [0.25, 0.3) is 0 Å². The quantitative estimate of drug-likeness (QED) is 0.797. The van der Waals surface area contributed by atoms with Gasteiger partial charge in [0.25, 0.3) is 0 Å². The van der Waals surface area contributed by atoms with E-state index in [0.717, 1.165) is 25.7 Å². The number of hydrogen-bond acceptors (Lipinski definition) is 2. The smallest absolute Gasteiger partial charge is 0.330 e. The first-order chi connectivity index (χ1) is 7.94. The molecule has 0 spiro atoms. The van der Waals surface area contributed by atoms with Gasteiger partial charge in [0.15, 0.2) is 0 Å². The summed E-state index contributed by atoms with van der Waals surface area (Å²) in [7, 11) is 0. The largest absolute Gasteiger partial charge is 0.405 e.